The third-order valence-corrected chi connectivity index (χ3v) is 4.99. The monoisotopic (exact) mass is 454 g/mol. The fourth-order valence-electron chi connectivity index (χ4n) is 3.30. The molecule has 0 aliphatic heterocycles. The Kier molecular flexibility index (Phi) is 7.46. The van der Waals surface area contributed by atoms with Crippen molar-refractivity contribution in [3.05, 3.63) is 58.7 Å². The molecule has 0 N–H and O–H groups in total. The number of ether oxygens (including phenoxy) is 2. The first kappa shape index (κ1) is 23.7. The van der Waals surface area contributed by atoms with Crippen LogP contribution in [0.3, 0.4) is 0 Å². The molecule has 0 saturated heterocycles. The lowest BCUT2D eigenvalue weighted by molar-refractivity contribution is -0.154. The van der Waals surface area contributed by atoms with Crippen molar-refractivity contribution in [3.8, 4) is 11.3 Å². The summed E-state index contributed by atoms with van der Waals surface area (Å²) >= 11 is 6.05. The highest BCUT2D eigenvalue weighted by Gasteiger charge is 2.17. The Morgan fingerprint density at radius 2 is 1.69 bits per heavy atom. The van der Waals surface area contributed by atoms with Crippen LogP contribution in [0, 0.1) is 0 Å². The number of halogens is 1. The molecule has 1 aromatic heterocycles. The molecule has 2 aromatic carbocycles. The van der Waals surface area contributed by atoms with Gasteiger partial charge < -0.3 is 9.47 Å². The highest BCUT2D eigenvalue weighted by atomic mass is 35.5. The second-order valence-corrected chi connectivity index (χ2v) is 8.95. The normalized spacial score (nSPS) is 11.4. The molecule has 0 saturated carbocycles. The highest BCUT2D eigenvalue weighted by Crippen LogP contribution is 2.27. The SMILES string of the molecule is COC(=O)c1ccc2nc(-c3ccc(Cl)cc3)c(CCCCC(=O)OC(C)(C)C)nc2c1. The van der Waals surface area contributed by atoms with E-state index in [1.807, 2.05) is 45.0 Å². The van der Waals surface area contributed by atoms with Crippen molar-refractivity contribution in [2.24, 2.45) is 0 Å². The van der Waals surface area contributed by atoms with Gasteiger partial charge in [-0.25, -0.2) is 14.8 Å². The Hall–Kier alpha value is -2.99. The maximum atomic E-state index is 12.0. The molecule has 0 aliphatic carbocycles. The van der Waals surface area contributed by atoms with Crippen LogP contribution in [0.5, 0.6) is 0 Å². The zero-order valence-corrected chi connectivity index (χ0v) is 19.5. The average Bonchev–Trinajstić information content (AvgIpc) is 2.74. The van der Waals surface area contributed by atoms with Crippen molar-refractivity contribution in [2.75, 3.05) is 7.11 Å². The summed E-state index contributed by atoms with van der Waals surface area (Å²) in [5.74, 6) is -0.628. The third kappa shape index (κ3) is 6.26. The fourth-order valence-corrected chi connectivity index (χ4v) is 3.43. The topological polar surface area (TPSA) is 78.4 Å². The minimum atomic E-state index is -0.486. The van der Waals surface area contributed by atoms with Gasteiger partial charge in [-0.1, -0.05) is 23.7 Å². The van der Waals surface area contributed by atoms with Gasteiger partial charge in [0.25, 0.3) is 0 Å². The van der Waals surface area contributed by atoms with Crippen LogP contribution in [-0.2, 0) is 20.7 Å². The number of aryl methyl sites for hydroxylation is 1. The summed E-state index contributed by atoms with van der Waals surface area (Å²) in [7, 11) is 1.35. The summed E-state index contributed by atoms with van der Waals surface area (Å²) in [5.41, 5.74) is 3.70. The van der Waals surface area contributed by atoms with Gasteiger partial charge in [-0.3, -0.25) is 4.79 Å². The number of nitrogens with zero attached hydrogens (tertiary/aromatic N) is 2. The minimum absolute atomic E-state index is 0.206. The number of methoxy groups -OCH3 is 1. The molecule has 0 radical (unpaired) electrons. The number of aromatic nitrogens is 2. The quantitative estimate of drug-likeness (QED) is 0.332. The second-order valence-electron chi connectivity index (χ2n) is 8.51. The number of unbranched alkanes of at least 4 members (excludes halogenated alkanes) is 1. The van der Waals surface area contributed by atoms with E-state index in [4.69, 9.17) is 31.0 Å². The summed E-state index contributed by atoms with van der Waals surface area (Å²) in [4.78, 5) is 33.5. The summed E-state index contributed by atoms with van der Waals surface area (Å²) in [6, 6.07) is 12.6. The molecule has 0 bridgehead atoms. The zero-order chi connectivity index (χ0) is 23.3. The Labute approximate surface area is 192 Å². The van der Waals surface area contributed by atoms with Crippen molar-refractivity contribution < 1.29 is 19.1 Å². The number of carbonyl (C=O) groups excluding carboxylic acids is 2. The van der Waals surface area contributed by atoms with Gasteiger partial charge in [-0.15, -0.1) is 0 Å². The molecule has 7 heteroatoms. The molecular weight excluding hydrogens is 428 g/mol. The van der Waals surface area contributed by atoms with Gasteiger partial charge in [0.2, 0.25) is 0 Å². The molecule has 32 heavy (non-hydrogen) atoms. The smallest absolute Gasteiger partial charge is 0.337 e. The molecule has 0 aliphatic rings. The van der Waals surface area contributed by atoms with Gasteiger partial charge in [0.05, 0.1) is 35.1 Å². The number of benzene rings is 2. The molecule has 6 nitrogen and oxygen atoms in total. The number of carbonyl (C=O) groups is 2. The molecule has 0 fully saturated rings. The van der Waals surface area contributed by atoms with Crippen molar-refractivity contribution in [1.82, 2.24) is 9.97 Å². The van der Waals surface area contributed by atoms with Crippen LogP contribution in [-0.4, -0.2) is 34.6 Å². The molecule has 0 unspecified atom stereocenters. The first-order valence-electron chi connectivity index (χ1n) is 10.5. The van der Waals surface area contributed by atoms with Crippen molar-refractivity contribution >= 4 is 34.6 Å². The molecule has 3 rings (SSSR count). The van der Waals surface area contributed by atoms with Crippen molar-refractivity contribution in [2.45, 2.75) is 52.1 Å². The number of hydrogen-bond donors (Lipinski definition) is 0. The van der Waals surface area contributed by atoms with Crippen LogP contribution >= 0.6 is 11.6 Å². The van der Waals surface area contributed by atoms with Crippen LogP contribution in [0.1, 0.15) is 56.1 Å². The Bertz CT molecular complexity index is 1120. The molecule has 0 amide bonds. The molecule has 1 heterocycles. The van der Waals surface area contributed by atoms with E-state index >= 15 is 0 Å². The van der Waals surface area contributed by atoms with E-state index < -0.39 is 11.6 Å². The highest BCUT2D eigenvalue weighted by molar-refractivity contribution is 6.30. The summed E-state index contributed by atoms with van der Waals surface area (Å²) in [6.07, 6.45) is 2.40. The molecule has 168 valence electrons. The van der Waals surface area contributed by atoms with E-state index in [-0.39, 0.29) is 5.97 Å². The minimum Gasteiger partial charge on any atom is -0.465 e. The predicted octanol–water partition coefficient (Wildman–Crippen LogP) is 5.79. The van der Waals surface area contributed by atoms with Crippen LogP contribution in [0.2, 0.25) is 5.02 Å². The van der Waals surface area contributed by atoms with Crippen LogP contribution in [0.25, 0.3) is 22.3 Å². The Morgan fingerprint density at radius 1 is 0.969 bits per heavy atom. The molecule has 0 spiro atoms. The van der Waals surface area contributed by atoms with Gasteiger partial charge >= 0.3 is 11.9 Å². The first-order valence-corrected chi connectivity index (χ1v) is 10.9. The van der Waals surface area contributed by atoms with Crippen LogP contribution in [0.15, 0.2) is 42.5 Å². The fraction of sp³-hybridized carbons (Fsp3) is 0.360. The molecule has 0 atom stereocenters. The predicted molar refractivity (Wildman–Crippen MR) is 125 cm³/mol. The lowest BCUT2D eigenvalue weighted by Crippen LogP contribution is -2.23. The first-order chi connectivity index (χ1) is 15.2. The Balaban J connectivity index is 1.86. The van der Waals surface area contributed by atoms with Gasteiger partial charge in [0.15, 0.2) is 0 Å². The standard InChI is InChI=1S/C25H27ClN2O4/c1-25(2,3)32-22(29)8-6-5-7-20-23(16-9-12-18(26)13-10-16)28-19-14-11-17(24(30)31-4)15-21(19)27-20/h9-15H,5-8H2,1-4H3. The maximum Gasteiger partial charge on any atom is 0.337 e. The van der Waals surface area contributed by atoms with Crippen molar-refractivity contribution in [1.29, 1.82) is 0 Å². The zero-order valence-electron chi connectivity index (χ0n) is 18.8. The van der Waals surface area contributed by atoms with E-state index in [0.717, 1.165) is 23.4 Å². The number of rotatable bonds is 7. The summed E-state index contributed by atoms with van der Waals surface area (Å²) in [5, 5.41) is 0.643. The van der Waals surface area contributed by atoms with Gasteiger partial charge in [-0.2, -0.15) is 0 Å². The largest absolute Gasteiger partial charge is 0.465 e. The average molecular weight is 455 g/mol. The third-order valence-electron chi connectivity index (χ3n) is 4.74. The lowest BCUT2D eigenvalue weighted by Gasteiger charge is -2.19. The van der Waals surface area contributed by atoms with E-state index in [0.29, 0.717) is 40.9 Å². The van der Waals surface area contributed by atoms with E-state index in [9.17, 15) is 9.59 Å². The Morgan fingerprint density at radius 3 is 2.34 bits per heavy atom. The number of esters is 2. The van der Waals surface area contributed by atoms with Crippen LogP contribution in [0.4, 0.5) is 0 Å². The lowest BCUT2D eigenvalue weighted by atomic mass is 10.0. The maximum absolute atomic E-state index is 12.0. The number of hydrogen-bond acceptors (Lipinski definition) is 6. The van der Waals surface area contributed by atoms with E-state index in [2.05, 4.69) is 0 Å². The van der Waals surface area contributed by atoms with Gasteiger partial charge in [0.1, 0.15) is 5.60 Å². The number of fused-ring (bicyclic) bond motifs is 1. The van der Waals surface area contributed by atoms with Crippen LogP contribution < -0.4 is 0 Å². The second kappa shape index (κ2) is 10.1. The van der Waals surface area contributed by atoms with Gasteiger partial charge in [0, 0.05) is 17.0 Å². The van der Waals surface area contributed by atoms with E-state index in [1.54, 1.807) is 18.2 Å². The van der Waals surface area contributed by atoms with Crippen molar-refractivity contribution in [3.63, 3.8) is 0 Å². The summed E-state index contributed by atoms with van der Waals surface area (Å²) in [6.45, 7) is 5.57. The summed E-state index contributed by atoms with van der Waals surface area (Å²) < 4.78 is 10.2. The van der Waals surface area contributed by atoms with E-state index in [1.165, 1.54) is 7.11 Å². The molecule has 3 aromatic rings. The molecular formula is C25H27ClN2O4. The van der Waals surface area contributed by atoms with Gasteiger partial charge in [-0.05, 0) is 70.4 Å².